The highest BCUT2D eigenvalue weighted by Crippen LogP contribution is 2.27. The molecule has 2 aromatic heterocycles. The molecular formula is C14H9BrClF2N3. The Morgan fingerprint density at radius 3 is 2.81 bits per heavy atom. The van der Waals surface area contributed by atoms with Crippen molar-refractivity contribution in [1.29, 1.82) is 0 Å². The average molecular weight is 373 g/mol. The molecule has 0 aliphatic carbocycles. The molecule has 0 aliphatic heterocycles. The van der Waals surface area contributed by atoms with E-state index in [1.54, 1.807) is 28.9 Å². The van der Waals surface area contributed by atoms with Gasteiger partial charge in [0.1, 0.15) is 17.3 Å². The van der Waals surface area contributed by atoms with Gasteiger partial charge in [-0.25, -0.2) is 13.8 Å². The largest absolute Gasteiger partial charge is 0.376 e. The first-order chi connectivity index (χ1) is 10.0. The van der Waals surface area contributed by atoms with Crippen molar-refractivity contribution in [2.75, 3.05) is 5.32 Å². The van der Waals surface area contributed by atoms with Gasteiger partial charge in [0.05, 0.1) is 22.9 Å². The fourth-order valence-electron chi connectivity index (χ4n) is 1.99. The molecule has 3 rings (SSSR count). The van der Waals surface area contributed by atoms with E-state index in [-0.39, 0.29) is 5.69 Å². The molecule has 1 N–H and O–H groups in total. The lowest BCUT2D eigenvalue weighted by Gasteiger charge is -2.08. The summed E-state index contributed by atoms with van der Waals surface area (Å²) in [6.07, 6.45) is 3.53. The predicted octanol–water partition coefficient (Wildman–Crippen LogP) is 4.64. The third-order valence-corrected chi connectivity index (χ3v) is 3.77. The Morgan fingerprint density at radius 1 is 1.24 bits per heavy atom. The van der Waals surface area contributed by atoms with Crippen molar-refractivity contribution in [3.05, 3.63) is 63.5 Å². The van der Waals surface area contributed by atoms with Crippen LogP contribution in [0.25, 0.3) is 5.65 Å². The molecule has 0 aliphatic rings. The maximum Gasteiger partial charge on any atom is 0.150 e. The van der Waals surface area contributed by atoms with E-state index in [4.69, 9.17) is 11.6 Å². The summed E-state index contributed by atoms with van der Waals surface area (Å²) in [5.41, 5.74) is 1.66. The van der Waals surface area contributed by atoms with Crippen LogP contribution in [0.4, 0.5) is 14.5 Å². The number of imidazole rings is 1. The van der Waals surface area contributed by atoms with Crippen molar-refractivity contribution < 1.29 is 8.78 Å². The fourth-order valence-corrected chi connectivity index (χ4v) is 2.71. The van der Waals surface area contributed by atoms with E-state index in [2.05, 4.69) is 26.2 Å². The summed E-state index contributed by atoms with van der Waals surface area (Å²) in [6.45, 7) is 0.306. The van der Waals surface area contributed by atoms with E-state index in [0.29, 0.717) is 21.7 Å². The van der Waals surface area contributed by atoms with Crippen LogP contribution in [-0.4, -0.2) is 9.38 Å². The lowest BCUT2D eigenvalue weighted by molar-refractivity contribution is 0.583. The first-order valence-corrected chi connectivity index (χ1v) is 7.21. The van der Waals surface area contributed by atoms with Gasteiger partial charge < -0.3 is 9.72 Å². The number of nitrogens with zero attached hydrogens (tertiary/aromatic N) is 2. The van der Waals surface area contributed by atoms with Gasteiger partial charge in [-0.15, -0.1) is 0 Å². The molecule has 3 nitrogen and oxygen atoms in total. The topological polar surface area (TPSA) is 29.3 Å². The van der Waals surface area contributed by atoms with Crippen molar-refractivity contribution in [2.24, 2.45) is 0 Å². The molecule has 0 amide bonds. The van der Waals surface area contributed by atoms with Crippen LogP contribution in [0.3, 0.4) is 0 Å². The van der Waals surface area contributed by atoms with E-state index in [9.17, 15) is 8.78 Å². The van der Waals surface area contributed by atoms with Crippen molar-refractivity contribution in [3.8, 4) is 0 Å². The molecule has 0 spiro atoms. The van der Waals surface area contributed by atoms with Gasteiger partial charge in [-0.05, 0) is 34.1 Å². The molecule has 0 atom stereocenters. The van der Waals surface area contributed by atoms with E-state index >= 15 is 0 Å². The summed E-state index contributed by atoms with van der Waals surface area (Å²) in [4.78, 5) is 4.38. The molecule has 108 valence electrons. The van der Waals surface area contributed by atoms with Crippen molar-refractivity contribution >= 4 is 38.9 Å². The first kappa shape index (κ1) is 14.3. The highest BCUT2D eigenvalue weighted by atomic mass is 79.9. The number of benzene rings is 1. The number of anilines is 1. The molecule has 3 aromatic rings. The summed E-state index contributed by atoms with van der Waals surface area (Å²) in [7, 11) is 0. The van der Waals surface area contributed by atoms with Crippen LogP contribution in [0, 0.1) is 11.6 Å². The van der Waals surface area contributed by atoms with Crippen LogP contribution >= 0.6 is 27.5 Å². The normalized spacial score (nSPS) is 11.0. The minimum atomic E-state index is -0.659. The van der Waals surface area contributed by atoms with E-state index in [0.717, 1.165) is 11.7 Å². The summed E-state index contributed by atoms with van der Waals surface area (Å²) in [5.74, 6) is -1.29. The lowest BCUT2D eigenvalue weighted by atomic mass is 10.3. The molecular weight excluding hydrogens is 364 g/mol. The lowest BCUT2D eigenvalue weighted by Crippen LogP contribution is -2.03. The van der Waals surface area contributed by atoms with Gasteiger partial charge in [0.15, 0.2) is 0 Å². The van der Waals surface area contributed by atoms with Gasteiger partial charge in [0.2, 0.25) is 0 Å². The Kier molecular flexibility index (Phi) is 3.82. The van der Waals surface area contributed by atoms with Crippen LogP contribution in [0.15, 0.2) is 41.1 Å². The monoisotopic (exact) mass is 371 g/mol. The number of nitrogens with one attached hydrogen (secondary N) is 1. The van der Waals surface area contributed by atoms with Crippen molar-refractivity contribution in [1.82, 2.24) is 9.38 Å². The summed E-state index contributed by atoms with van der Waals surface area (Å²) in [6, 6.07) is 5.57. The van der Waals surface area contributed by atoms with Gasteiger partial charge in [0.25, 0.3) is 0 Å². The molecule has 21 heavy (non-hydrogen) atoms. The summed E-state index contributed by atoms with van der Waals surface area (Å²) >= 11 is 9.03. The number of rotatable bonds is 3. The van der Waals surface area contributed by atoms with Gasteiger partial charge in [-0.1, -0.05) is 11.6 Å². The third kappa shape index (κ3) is 3.01. The van der Waals surface area contributed by atoms with Gasteiger partial charge >= 0.3 is 0 Å². The summed E-state index contributed by atoms with van der Waals surface area (Å²) < 4.78 is 28.8. The Morgan fingerprint density at radius 2 is 2.05 bits per heavy atom. The van der Waals surface area contributed by atoms with Gasteiger partial charge in [0, 0.05) is 22.9 Å². The van der Waals surface area contributed by atoms with Crippen LogP contribution in [0.1, 0.15) is 5.69 Å². The smallest absolute Gasteiger partial charge is 0.150 e. The minimum absolute atomic E-state index is 0.200. The first-order valence-electron chi connectivity index (χ1n) is 6.04. The van der Waals surface area contributed by atoms with Crippen LogP contribution < -0.4 is 5.32 Å². The third-order valence-electron chi connectivity index (χ3n) is 2.92. The zero-order chi connectivity index (χ0) is 15.0. The van der Waals surface area contributed by atoms with E-state index < -0.39 is 11.6 Å². The second-order valence-electron chi connectivity index (χ2n) is 4.44. The SMILES string of the molecule is Fc1cc(F)c(NCc2cn3cc(Cl)ccc3n2)c(Br)c1. The Bertz CT molecular complexity index is 796. The predicted molar refractivity (Wildman–Crippen MR) is 81.6 cm³/mol. The molecule has 0 radical (unpaired) electrons. The van der Waals surface area contributed by atoms with Crippen LogP contribution in [-0.2, 0) is 6.54 Å². The molecule has 1 aromatic carbocycles. The highest BCUT2D eigenvalue weighted by molar-refractivity contribution is 9.10. The fraction of sp³-hybridized carbons (Fsp3) is 0.0714. The van der Waals surface area contributed by atoms with E-state index in [1.807, 2.05) is 0 Å². The Balaban J connectivity index is 1.83. The zero-order valence-corrected chi connectivity index (χ0v) is 12.9. The highest BCUT2D eigenvalue weighted by Gasteiger charge is 2.10. The molecule has 0 bridgehead atoms. The second kappa shape index (κ2) is 5.61. The minimum Gasteiger partial charge on any atom is -0.376 e. The van der Waals surface area contributed by atoms with Crippen LogP contribution in [0.5, 0.6) is 0 Å². The maximum atomic E-state index is 13.7. The van der Waals surface area contributed by atoms with Gasteiger partial charge in [-0.3, -0.25) is 0 Å². The van der Waals surface area contributed by atoms with Crippen LogP contribution in [0.2, 0.25) is 5.02 Å². The van der Waals surface area contributed by atoms with Crippen molar-refractivity contribution in [3.63, 3.8) is 0 Å². The molecule has 0 saturated carbocycles. The van der Waals surface area contributed by atoms with E-state index in [1.165, 1.54) is 6.07 Å². The molecule has 0 fully saturated rings. The number of pyridine rings is 1. The molecule has 0 unspecified atom stereocenters. The average Bonchev–Trinajstić information content (AvgIpc) is 2.79. The van der Waals surface area contributed by atoms with Crippen molar-refractivity contribution in [2.45, 2.75) is 6.54 Å². The number of halogens is 4. The molecule has 7 heteroatoms. The number of hydrogen-bond acceptors (Lipinski definition) is 2. The quantitative estimate of drug-likeness (QED) is 0.726. The second-order valence-corrected chi connectivity index (χ2v) is 5.73. The van der Waals surface area contributed by atoms with Gasteiger partial charge in [-0.2, -0.15) is 0 Å². The summed E-state index contributed by atoms with van der Waals surface area (Å²) in [5, 5.41) is 3.51. The standard InChI is InChI=1S/C14H9BrClF2N3/c15-11-3-9(17)4-12(18)14(11)19-5-10-7-21-6-8(16)1-2-13(21)20-10/h1-4,6-7,19H,5H2. The molecule has 0 saturated heterocycles. The number of hydrogen-bond donors (Lipinski definition) is 1. The maximum absolute atomic E-state index is 13.7. The Hall–Kier alpha value is -1.66. The molecule has 2 heterocycles. The number of aromatic nitrogens is 2. The zero-order valence-electron chi connectivity index (χ0n) is 10.6. The number of fused-ring (bicyclic) bond motifs is 1. The Labute approximate surface area is 132 Å².